The van der Waals surface area contributed by atoms with Crippen molar-refractivity contribution in [2.75, 3.05) is 0 Å². The van der Waals surface area contributed by atoms with Crippen molar-refractivity contribution in [3.05, 3.63) is 11.6 Å². The first-order chi connectivity index (χ1) is 7.98. The van der Waals surface area contributed by atoms with Gasteiger partial charge in [0.15, 0.2) is 0 Å². The molecule has 0 saturated heterocycles. The molecule has 2 rings (SSSR count). The molecular formula is C16H25N. The van der Waals surface area contributed by atoms with Crippen LogP contribution in [0.1, 0.15) is 53.4 Å². The van der Waals surface area contributed by atoms with E-state index in [1.165, 1.54) is 19.3 Å². The Morgan fingerprint density at radius 1 is 1.41 bits per heavy atom. The second-order valence-electron chi connectivity index (χ2n) is 6.71. The third kappa shape index (κ3) is 2.15. The van der Waals surface area contributed by atoms with Crippen LogP contribution in [0, 0.1) is 40.4 Å². The lowest BCUT2D eigenvalue weighted by molar-refractivity contribution is 0.0474. The van der Waals surface area contributed by atoms with Crippen molar-refractivity contribution >= 4 is 0 Å². The van der Waals surface area contributed by atoms with Gasteiger partial charge in [0.1, 0.15) is 0 Å². The van der Waals surface area contributed by atoms with Crippen molar-refractivity contribution in [2.24, 2.45) is 29.1 Å². The van der Waals surface area contributed by atoms with E-state index < -0.39 is 0 Å². The molecule has 0 aromatic rings. The fraction of sp³-hybridized carbons (Fsp3) is 0.812. The van der Waals surface area contributed by atoms with Gasteiger partial charge in [-0.2, -0.15) is 5.26 Å². The van der Waals surface area contributed by atoms with Crippen molar-refractivity contribution in [2.45, 2.75) is 53.4 Å². The Bertz CT molecular complexity index is 360. The number of fused-ring (bicyclic) bond motifs is 1. The maximum Gasteiger partial charge on any atom is 0.0689 e. The van der Waals surface area contributed by atoms with Crippen LogP contribution in [0.25, 0.3) is 0 Å². The van der Waals surface area contributed by atoms with Crippen molar-refractivity contribution in [1.29, 1.82) is 5.26 Å². The van der Waals surface area contributed by atoms with Crippen LogP contribution in [0.2, 0.25) is 0 Å². The first-order valence-corrected chi connectivity index (χ1v) is 7.06. The van der Waals surface area contributed by atoms with Crippen molar-refractivity contribution < 1.29 is 0 Å². The highest BCUT2D eigenvalue weighted by Crippen LogP contribution is 2.53. The van der Waals surface area contributed by atoms with Crippen molar-refractivity contribution in [1.82, 2.24) is 0 Å². The molecule has 2 aliphatic rings. The predicted octanol–water partition coefficient (Wildman–Crippen LogP) is 4.55. The van der Waals surface area contributed by atoms with Gasteiger partial charge in [-0.3, -0.25) is 0 Å². The molecule has 0 spiro atoms. The van der Waals surface area contributed by atoms with Crippen LogP contribution in [0.3, 0.4) is 0 Å². The van der Waals surface area contributed by atoms with E-state index in [-0.39, 0.29) is 5.41 Å². The highest BCUT2D eigenvalue weighted by Gasteiger charge is 2.47. The van der Waals surface area contributed by atoms with Gasteiger partial charge >= 0.3 is 0 Å². The first-order valence-electron chi connectivity index (χ1n) is 7.06. The fourth-order valence-electron chi connectivity index (χ4n) is 4.03. The summed E-state index contributed by atoms with van der Waals surface area (Å²) in [5, 5.41) is 9.51. The number of nitriles is 1. The van der Waals surface area contributed by atoms with Crippen LogP contribution in [-0.2, 0) is 0 Å². The van der Waals surface area contributed by atoms with E-state index in [4.69, 9.17) is 0 Å². The minimum absolute atomic E-state index is 0.0761. The van der Waals surface area contributed by atoms with Crippen LogP contribution in [0.15, 0.2) is 11.6 Å². The summed E-state index contributed by atoms with van der Waals surface area (Å²) in [6, 6.07) is 2.62. The Hall–Kier alpha value is -0.770. The Labute approximate surface area is 106 Å². The lowest BCUT2D eigenvalue weighted by atomic mass is 9.54. The predicted molar refractivity (Wildman–Crippen MR) is 71.3 cm³/mol. The van der Waals surface area contributed by atoms with Gasteiger partial charge in [0.2, 0.25) is 0 Å². The average Bonchev–Trinajstić information content (AvgIpc) is 2.28. The second-order valence-corrected chi connectivity index (χ2v) is 6.71. The molecule has 0 bridgehead atoms. The first kappa shape index (κ1) is 12.7. The van der Waals surface area contributed by atoms with Gasteiger partial charge in [-0.05, 0) is 63.2 Å². The molecule has 0 amide bonds. The normalized spacial score (nSPS) is 41.6. The minimum Gasteiger partial charge on any atom is -0.198 e. The number of allylic oxidation sites excluding steroid dienone is 2. The largest absolute Gasteiger partial charge is 0.198 e. The molecule has 0 N–H and O–H groups in total. The molecular weight excluding hydrogens is 206 g/mol. The van der Waals surface area contributed by atoms with E-state index in [1.54, 1.807) is 5.57 Å². The van der Waals surface area contributed by atoms with Crippen LogP contribution in [-0.4, -0.2) is 0 Å². The van der Waals surface area contributed by atoms with Crippen molar-refractivity contribution in [3.63, 3.8) is 0 Å². The van der Waals surface area contributed by atoms with Gasteiger partial charge in [0.25, 0.3) is 0 Å². The molecule has 0 radical (unpaired) electrons. The van der Waals surface area contributed by atoms with Gasteiger partial charge in [0, 0.05) is 0 Å². The molecule has 1 nitrogen and oxygen atoms in total. The maximum absolute atomic E-state index is 9.51. The van der Waals surface area contributed by atoms with Crippen LogP contribution >= 0.6 is 0 Å². The lowest BCUT2D eigenvalue weighted by Gasteiger charge is -2.49. The zero-order chi connectivity index (χ0) is 12.6. The molecule has 2 aliphatic carbocycles. The van der Waals surface area contributed by atoms with E-state index in [9.17, 15) is 5.26 Å². The lowest BCUT2D eigenvalue weighted by Crippen LogP contribution is -2.43. The average molecular weight is 231 g/mol. The maximum atomic E-state index is 9.51. The van der Waals surface area contributed by atoms with Gasteiger partial charge in [-0.1, -0.05) is 25.5 Å². The third-order valence-electron chi connectivity index (χ3n) is 5.21. The summed E-state index contributed by atoms with van der Waals surface area (Å²) in [4.78, 5) is 0. The molecule has 17 heavy (non-hydrogen) atoms. The summed E-state index contributed by atoms with van der Waals surface area (Å²) in [5.41, 5.74) is 1.46. The number of nitrogens with zero attached hydrogens (tertiary/aromatic N) is 1. The van der Waals surface area contributed by atoms with Crippen LogP contribution in [0.4, 0.5) is 0 Å². The van der Waals surface area contributed by atoms with Crippen LogP contribution < -0.4 is 0 Å². The van der Waals surface area contributed by atoms with Crippen molar-refractivity contribution in [3.8, 4) is 6.07 Å². The Morgan fingerprint density at radius 3 is 2.71 bits per heavy atom. The minimum atomic E-state index is -0.0761. The quantitative estimate of drug-likeness (QED) is 0.607. The van der Waals surface area contributed by atoms with E-state index in [0.29, 0.717) is 11.8 Å². The Balaban J connectivity index is 2.33. The summed E-state index contributed by atoms with van der Waals surface area (Å²) in [6.07, 6.45) is 7.24. The molecule has 94 valence electrons. The summed E-state index contributed by atoms with van der Waals surface area (Å²) in [7, 11) is 0. The van der Waals surface area contributed by atoms with Gasteiger partial charge < -0.3 is 0 Å². The SMILES string of the molecule is CC1=C[C@@H]2[C@@H](C(C)C)CC[C@@](C)(C#N)[C@@H]2CC1. The summed E-state index contributed by atoms with van der Waals surface area (Å²) in [6.45, 7) is 9.13. The van der Waals surface area contributed by atoms with Crippen LogP contribution in [0.5, 0.6) is 0 Å². The highest BCUT2D eigenvalue weighted by atomic mass is 14.5. The van der Waals surface area contributed by atoms with E-state index in [0.717, 1.165) is 18.3 Å². The molecule has 1 saturated carbocycles. The summed E-state index contributed by atoms with van der Waals surface area (Å²) in [5.74, 6) is 2.78. The number of hydrogen-bond donors (Lipinski definition) is 0. The zero-order valence-electron chi connectivity index (χ0n) is 11.7. The van der Waals surface area contributed by atoms with E-state index >= 15 is 0 Å². The van der Waals surface area contributed by atoms with Gasteiger partial charge in [-0.25, -0.2) is 0 Å². The molecule has 0 aromatic carbocycles. The Kier molecular flexibility index (Phi) is 3.34. The fourth-order valence-corrected chi connectivity index (χ4v) is 4.03. The van der Waals surface area contributed by atoms with E-state index in [2.05, 4.69) is 39.8 Å². The smallest absolute Gasteiger partial charge is 0.0689 e. The van der Waals surface area contributed by atoms with Gasteiger partial charge in [-0.15, -0.1) is 0 Å². The molecule has 0 unspecified atom stereocenters. The zero-order valence-corrected chi connectivity index (χ0v) is 11.7. The molecule has 0 aliphatic heterocycles. The number of hydrogen-bond acceptors (Lipinski definition) is 1. The summed E-state index contributed by atoms with van der Waals surface area (Å²) < 4.78 is 0. The number of rotatable bonds is 1. The Morgan fingerprint density at radius 2 is 2.12 bits per heavy atom. The second kappa shape index (κ2) is 4.48. The summed E-state index contributed by atoms with van der Waals surface area (Å²) >= 11 is 0. The molecule has 0 aromatic heterocycles. The highest BCUT2D eigenvalue weighted by molar-refractivity contribution is 5.17. The topological polar surface area (TPSA) is 23.8 Å². The standard InChI is InChI=1S/C16H25N/c1-11(2)13-7-8-16(4,10-17)15-6-5-12(3)9-14(13)15/h9,11,13-15H,5-8H2,1-4H3/t13-,14-,15-,16+/m1/s1. The van der Waals surface area contributed by atoms with E-state index in [1.807, 2.05) is 0 Å². The molecule has 4 atom stereocenters. The third-order valence-corrected chi connectivity index (χ3v) is 5.21. The molecule has 1 heteroatoms. The molecule has 0 heterocycles. The molecule has 1 fully saturated rings. The van der Waals surface area contributed by atoms with Gasteiger partial charge in [0.05, 0.1) is 11.5 Å². The monoisotopic (exact) mass is 231 g/mol.